The molecule has 0 aliphatic heterocycles. The van der Waals surface area contributed by atoms with E-state index in [1.165, 1.54) is 18.4 Å². The Morgan fingerprint density at radius 2 is 1.96 bits per heavy atom. The molecule has 1 aromatic carbocycles. The number of amides is 1. The molecule has 2 aromatic heterocycles. The molecule has 10 nitrogen and oxygen atoms in total. The Hall–Kier alpha value is -3.95. The maximum absolute atomic E-state index is 11.8. The third-order valence-electron chi connectivity index (χ3n) is 2.97. The van der Waals surface area contributed by atoms with E-state index in [1.54, 1.807) is 30.3 Å². The summed E-state index contributed by atoms with van der Waals surface area (Å²) in [7, 11) is 0. The second-order valence-electron chi connectivity index (χ2n) is 4.60. The fourth-order valence-corrected chi connectivity index (χ4v) is 1.88. The minimum atomic E-state index is -0.709. The minimum absolute atomic E-state index is 0.0324. The first-order valence-corrected chi connectivity index (χ1v) is 6.97. The largest absolute Gasteiger partial charge is 0.459 e. The van der Waals surface area contributed by atoms with Gasteiger partial charge in [0.25, 0.3) is 0 Å². The quantitative estimate of drug-likeness (QED) is 0.516. The first kappa shape index (κ1) is 15.9. The van der Waals surface area contributed by atoms with Gasteiger partial charge in [0.2, 0.25) is 5.82 Å². The first-order valence-electron chi connectivity index (χ1n) is 6.97. The number of rotatable bonds is 6. The van der Waals surface area contributed by atoms with Gasteiger partial charge in [0.15, 0.2) is 5.76 Å². The molecule has 3 aromatic rings. The highest BCUT2D eigenvalue weighted by molar-refractivity contribution is 5.92. The number of para-hydroxylation sites is 1. The molecular weight excluding hydrogens is 330 g/mol. The number of benzene rings is 1. The summed E-state index contributed by atoms with van der Waals surface area (Å²) in [4.78, 5) is 30.0. The second-order valence-corrected chi connectivity index (χ2v) is 4.60. The summed E-state index contributed by atoms with van der Waals surface area (Å²) in [6.07, 6.45) is 2.40. The third kappa shape index (κ3) is 3.69. The monoisotopic (exact) mass is 341 g/mol. The normalized spacial score (nSPS) is 10.1. The van der Waals surface area contributed by atoms with Crippen LogP contribution in [-0.2, 0) is 0 Å². The van der Waals surface area contributed by atoms with Crippen LogP contribution >= 0.6 is 0 Å². The molecule has 0 saturated carbocycles. The zero-order valence-electron chi connectivity index (χ0n) is 12.6. The number of hydrogen-bond acceptors (Lipinski definition) is 8. The van der Waals surface area contributed by atoms with Crippen LogP contribution in [0, 0.1) is 10.1 Å². The Morgan fingerprint density at radius 1 is 1.16 bits per heavy atom. The Labute approximate surface area is 140 Å². The van der Waals surface area contributed by atoms with Crippen molar-refractivity contribution < 1.29 is 18.9 Å². The van der Waals surface area contributed by atoms with Crippen molar-refractivity contribution in [3.8, 4) is 11.6 Å². The SMILES string of the molecule is O=C(NNc1ncnc(Oc2ccccc2)c1[N+](=O)[O-])c1ccco1. The number of nitro groups is 1. The standard InChI is InChI=1S/C15H11N5O5/c21-14(11-7-4-8-24-11)19-18-13-12(20(22)23)15(17-9-16-13)25-10-5-2-1-3-6-10/h1-9H,(H,19,21)(H,16,17,18). The van der Waals surface area contributed by atoms with Crippen LogP contribution in [0.15, 0.2) is 59.5 Å². The van der Waals surface area contributed by atoms with Crippen molar-refractivity contribution in [2.75, 3.05) is 5.43 Å². The number of ether oxygens (including phenoxy) is 1. The fraction of sp³-hybridized carbons (Fsp3) is 0. The summed E-state index contributed by atoms with van der Waals surface area (Å²) < 4.78 is 10.3. The Bertz CT molecular complexity index is 883. The predicted octanol–water partition coefficient (Wildman–Crippen LogP) is 2.53. The summed E-state index contributed by atoms with van der Waals surface area (Å²) in [5.74, 6) is -0.713. The number of anilines is 1. The van der Waals surface area contributed by atoms with Crippen LogP contribution in [0.25, 0.3) is 0 Å². The van der Waals surface area contributed by atoms with E-state index in [0.717, 1.165) is 6.33 Å². The van der Waals surface area contributed by atoms with Gasteiger partial charge in [0, 0.05) is 0 Å². The van der Waals surface area contributed by atoms with Crippen LogP contribution in [0.3, 0.4) is 0 Å². The molecule has 0 unspecified atom stereocenters. The van der Waals surface area contributed by atoms with Crippen molar-refractivity contribution in [3.05, 3.63) is 70.9 Å². The van der Waals surface area contributed by atoms with Gasteiger partial charge in [0.1, 0.15) is 12.1 Å². The van der Waals surface area contributed by atoms with Crippen LogP contribution < -0.4 is 15.6 Å². The number of carbonyl (C=O) groups excluding carboxylic acids is 1. The van der Waals surface area contributed by atoms with Gasteiger partial charge in [-0.1, -0.05) is 18.2 Å². The lowest BCUT2D eigenvalue weighted by atomic mass is 10.3. The van der Waals surface area contributed by atoms with Crippen LogP contribution in [0.1, 0.15) is 10.6 Å². The van der Waals surface area contributed by atoms with Gasteiger partial charge < -0.3 is 9.15 Å². The van der Waals surface area contributed by atoms with Crippen molar-refractivity contribution in [3.63, 3.8) is 0 Å². The van der Waals surface area contributed by atoms with Gasteiger partial charge in [-0.05, 0) is 24.3 Å². The van der Waals surface area contributed by atoms with Gasteiger partial charge in [-0.25, -0.2) is 4.98 Å². The Kier molecular flexibility index (Phi) is 4.51. The summed E-state index contributed by atoms with van der Waals surface area (Å²) in [5, 5.41) is 11.4. The van der Waals surface area contributed by atoms with Crippen molar-refractivity contribution in [2.24, 2.45) is 0 Å². The van der Waals surface area contributed by atoms with E-state index in [1.807, 2.05) is 0 Å². The van der Waals surface area contributed by atoms with Crippen LogP contribution in [0.2, 0.25) is 0 Å². The van der Waals surface area contributed by atoms with Gasteiger partial charge in [-0.15, -0.1) is 0 Å². The van der Waals surface area contributed by atoms with Crippen LogP contribution in [0.5, 0.6) is 11.6 Å². The second kappa shape index (κ2) is 7.08. The number of nitrogens with one attached hydrogen (secondary N) is 2. The van der Waals surface area contributed by atoms with Crippen molar-refractivity contribution >= 4 is 17.4 Å². The topological polar surface area (TPSA) is 132 Å². The van der Waals surface area contributed by atoms with E-state index < -0.39 is 16.5 Å². The average Bonchev–Trinajstić information content (AvgIpc) is 3.15. The molecule has 0 spiro atoms. The first-order chi connectivity index (χ1) is 12.1. The number of hydrogen-bond donors (Lipinski definition) is 2. The molecule has 0 fully saturated rings. The van der Waals surface area contributed by atoms with Crippen molar-refractivity contribution in [1.29, 1.82) is 0 Å². The number of nitrogens with zero attached hydrogens (tertiary/aromatic N) is 3. The van der Waals surface area contributed by atoms with E-state index in [-0.39, 0.29) is 17.5 Å². The molecular formula is C15H11N5O5. The number of furan rings is 1. The molecule has 0 aliphatic carbocycles. The number of hydrazine groups is 1. The van der Waals surface area contributed by atoms with Gasteiger partial charge in [-0.2, -0.15) is 4.98 Å². The molecule has 2 heterocycles. The summed E-state index contributed by atoms with van der Waals surface area (Å²) in [6.45, 7) is 0. The molecule has 25 heavy (non-hydrogen) atoms. The molecule has 0 atom stereocenters. The van der Waals surface area contributed by atoms with E-state index in [2.05, 4.69) is 20.8 Å². The highest BCUT2D eigenvalue weighted by Crippen LogP contribution is 2.33. The smallest absolute Gasteiger partial charge is 0.374 e. The third-order valence-corrected chi connectivity index (χ3v) is 2.97. The molecule has 2 N–H and O–H groups in total. The lowest BCUT2D eigenvalue weighted by Gasteiger charge is -2.09. The summed E-state index contributed by atoms with van der Waals surface area (Å²) >= 11 is 0. The number of aromatic nitrogens is 2. The summed E-state index contributed by atoms with van der Waals surface area (Å²) in [6, 6.07) is 11.4. The van der Waals surface area contributed by atoms with Gasteiger partial charge in [0.05, 0.1) is 11.2 Å². The zero-order chi connectivity index (χ0) is 17.6. The predicted molar refractivity (Wildman–Crippen MR) is 85.0 cm³/mol. The molecule has 0 aliphatic rings. The molecule has 10 heteroatoms. The minimum Gasteiger partial charge on any atom is -0.459 e. The Morgan fingerprint density at radius 3 is 2.64 bits per heavy atom. The van der Waals surface area contributed by atoms with Crippen molar-refractivity contribution in [1.82, 2.24) is 15.4 Å². The van der Waals surface area contributed by atoms with E-state index in [0.29, 0.717) is 5.75 Å². The lowest BCUT2D eigenvalue weighted by Crippen LogP contribution is -2.30. The fourth-order valence-electron chi connectivity index (χ4n) is 1.88. The molecule has 0 bridgehead atoms. The lowest BCUT2D eigenvalue weighted by molar-refractivity contribution is -0.385. The zero-order valence-corrected chi connectivity index (χ0v) is 12.6. The molecule has 3 rings (SSSR count). The van der Waals surface area contributed by atoms with E-state index >= 15 is 0 Å². The Balaban J connectivity index is 1.82. The average molecular weight is 341 g/mol. The molecule has 1 amide bonds. The highest BCUT2D eigenvalue weighted by Gasteiger charge is 2.25. The van der Waals surface area contributed by atoms with Crippen molar-refractivity contribution in [2.45, 2.75) is 0 Å². The molecule has 0 radical (unpaired) electrons. The maximum atomic E-state index is 11.8. The van der Waals surface area contributed by atoms with Crippen LogP contribution in [-0.4, -0.2) is 20.8 Å². The highest BCUT2D eigenvalue weighted by atomic mass is 16.6. The number of carbonyl (C=O) groups is 1. The van der Waals surface area contributed by atoms with Gasteiger partial charge >= 0.3 is 17.5 Å². The van der Waals surface area contributed by atoms with E-state index in [4.69, 9.17) is 9.15 Å². The van der Waals surface area contributed by atoms with Gasteiger partial charge in [-0.3, -0.25) is 25.8 Å². The molecule has 0 saturated heterocycles. The molecule has 126 valence electrons. The van der Waals surface area contributed by atoms with E-state index in [9.17, 15) is 14.9 Å². The maximum Gasteiger partial charge on any atom is 0.374 e. The van der Waals surface area contributed by atoms with Crippen LogP contribution in [0.4, 0.5) is 11.5 Å². The summed E-state index contributed by atoms with van der Waals surface area (Å²) in [5.41, 5.74) is 4.11.